The van der Waals surface area contributed by atoms with Gasteiger partial charge in [0.2, 0.25) is 11.8 Å². The first-order chi connectivity index (χ1) is 7.00. The smallest absolute Gasteiger partial charge is 0.226 e. The summed E-state index contributed by atoms with van der Waals surface area (Å²) < 4.78 is 0. The van der Waals surface area contributed by atoms with E-state index >= 15 is 0 Å². The first-order valence-electron chi connectivity index (χ1n) is 5.20. The van der Waals surface area contributed by atoms with Crippen molar-refractivity contribution in [2.45, 2.75) is 25.9 Å². The number of hydrogen-bond acceptors (Lipinski definition) is 3. The minimum atomic E-state index is -0.531. The highest BCUT2D eigenvalue weighted by molar-refractivity contribution is 5.86. The van der Waals surface area contributed by atoms with Gasteiger partial charge in [0.1, 0.15) is 0 Å². The summed E-state index contributed by atoms with van der Waals surface area (Å²) in [4.78, 5) is 24.4. The Labute approximate surface area is 89.4 Å². The van der Waals surface area contributed by atoms with Gasteiger partial charge in [-0.2, -0.15) is 0 Å². The van der Waals surface area contributed by atoms with Crippen molar-refractivity contribution < 1.29 is 14.7 Å². The van der Waals surface area contributed by atoms with E-state index in [4.69, 9.17) is 5.11 Å². The number of carbonyl (C=O) groups is 2. The van der Waals surface area contributed by atoms with Gasteiger partial charge in [-0.25, -0.2) is 0 Å². The molecule has 0 aromatic heterocycles. The molecule has 5 heteroatoms. The van der Waals surface area contributed by atoms with Gasteiger partial charge in [-0.3, -0.25) is 9.59 Å². The molecule has 0 aromatic rings. The lowest BCUT2D eigenvalue weighted by Gasteiger charge is -2.27. The van der Waals surface area contributed by atoms with Crippen LogP contribution in [-0.2, 0) is 9.59 Å². The van der Waals surface area contributed by atoms with Gasteiger partial charge < -0.3 is 15.3 Å². The molecular weight excluding hydrogens is 196 g/mol. The van der Waals surface area contributed by atoms with Crippen LogP contribution in [0.25, 0.3) is 0 Å². The summed E-state index contributed by atoms with van der Waals surface area (Å²) in [5, 5.41) is 11.8. The maximum Gasteiger partial charge on any atom is 0.226 e. The molecule has 0 radical (unpaired) electrons. The second-order valence-corrected chi connectivity index (χ2v) is 4.11. The maximum absolute atomic E-state index is 11.8. The van der Waals surface area contributed by atoms with Crippen LogP contribution in [0.5, 0.6) is 0 Å². The fraction of sp³-hybridized carbons (Fsp3) is 0.800. The molecule has 0 bridgehead atoms. The summed E-state index contributed by atoms with van der Waals surface area (Å²) >= 11 is 0. The minimum absolute atomic E-state index is 0.0502. The predicted octanol–water partition coefficient (Wildman–Crippen LogP) is -0.648. The Kier molecular flexibility index (Phi) is 4.08. The second kappa shape index (κ2) is 5.11. The molecule has 86 valence electrons. The van der Waals surface area contributed by atoms with E-state index in [1.54, 1.807) is 14.0 Å². The van der Waals surface area contributed by atoms with E-state index in [1.165, 1.54) is 4.90 Å². The fourth-order valence-electron chi connectivity index (χ4n) is 1.79. The van der Waals surface area contributed by atoms with E-state index in [-0.39, 0.29) is 24.2 Å². The van der Waals surface area contributed by atoms with Crippen LogP contribution >= 0.6 is 0 Å². The Bertz CT molecular complexity index is 253. The quantitative estimate of drug-likeness (QED) is 0.656. The van der Waals surface area contributed by atoms with Crippen LogP contribution in [-0.4, -0.2) is 48.1 Å². The third-order valence-electron chi connectivity index (χ3n) is 2.51. The molecule has 5 nitrogen and oxygen atoms in total. The van der Waals surface area contributed by atoms with Crippen molar-refractivity contribution in [1.29, 1.82) is 0 Å². The molecule has 1 fully saturated rings. The average molecular weight is 214 g/mol. The van der Waals surface area contributed by atoms with Gasteiger partial charge in [0.15, 0.2) is 0 Å². The monoisotopic (exact) mass is 214 g/mol. The summed E-state index contributed by atoms with van der Waals surface area (Å²) in [7, 11) is 1.65. The first kappa shape index (κ1) is 12.0. The Balaban J connectivity index is 2.48. The van der Waals surface area contributed by atoms with Crippen molar-refractivity contribution >= 4 is 11.8 Å². The Morgan fingerprint density at radius 1 is 1.73 bits per heavy atom. The number of nitrogens with one attached hydrogen (secondary N) is 1. The molecule has 1 rings (SSSR count). The SMILES string of the molecule is CC(O)CN(C)C(=O)C1CCNC(=O)C1. The molecule has 2 unspecified atom stereocenters. The average Bonchev–Trinajstić information content (AvgIpc) is 2.15. The zero-order chi connectivity index (χ0) is 11.4. The van der Waals surface area contributed by atoms with E-state index in [9.17, 15) is 9.59 Å². The normalized spacial score (nSPS) is 23.1. The molecular formula is C10H18N2O3. The topological polar surface area (TPSA) is 69.6 Å². The number of rotatable bonds is 3. The van der Waals surface area contributed by atoms with Crippen LogP contribution in [0.15, 0.2) is 0 Å². The molecule has 2 N–H and O–H groups in total. The van der Waals surface area contributed by atoms with E-state index in [1.807, 2.05) is 0 Å². The van der Waals surface area contributed by atoms with Crippen LogP contribution in [0.3, 0.4) is 0 Å². The van der Waals surface area contributed by atoms with Crippen molar-refractivity contribution in [2.24, 2.45) is 5.92 Å². The molecule has 2 amide bonds. The number of amides is 2. The number of aliphatic hydroxyl groups is 1. The largest absolute Gasteiger partial charge is 0.392 e. The van der Waals surface area contributed by atoms with Crippen molar-refractivity contribution in [1.82, 2.24) is 10.2 Å². The standard InChI is InChI=1S/C10H18N2O3/c1-7(13)6-12(2)10(15)8-3-4-11-9(14)5-8/h7-8,13H,3-6H2,1-2H3,(H,11,14). The highest BCUT2D eigenvalue weighted by atomic mass is 16.3. The summed E-state index contributed by atoms with van der Waals surface area (Å²) in [6.07, 6.45) is 0.425. The maximum atomic E-state index is 11.8. The molecule has 1 aliphatic rings. The third kappa shape index (κ3) is 3.51. The lowest BCUT2D eigenvalue weighted by atomic mass is 9.96. The number of aliphatic hydroxyl groups excluding tert-OH is 1. The zero-order valence-electron chi connectivity index (χ0n) is 9.19. The fourth-order valence-corrected chi connectivity index (χ4v) is 1.79. The molecule has 0 spiro atoms. The predicted molar refractivity (Wildman–Crippen MR) is 55.1 cm³/mol. The Morgan fingerprint density at radius 3 is 2.93 bits per heavy atom. The number of hydrogen-bond donors (Lipinski definition) is 2. The van der Waals surface area contributed by atoms with Gasteiger partial charge in [0.25, 0.3) is 0 Å². The molecule has 15 heavy (non-hydrogen) atoms. The number of nitrogens with zero attached hydrogens (tertiary/aromatic N) is 1. The highest BCUT2D eigenvalue weighted by Crippen LogP contribution is 2.15. The Morgan fingerprint density at radius 2 is 2.40 bits per heavy atom. The summed E-state index contributed by atoms with van der Waals surface area (Å²) in [6, 6.07) is 0. The summed E-state index contributed by atoms with van der Waals surface area (Å²) in [5.41, 5.74) is 0. The molecule has 1 aliphatic heterocycles. The minimum Gasteiger partial charge on any atom is -0.392 e. The van der Waals surface area contributed by atoms with E-state index in [0.717, 1.165) is 0 Å². The van der Waals surface area contributed by atoms with Gasteiger partial charge in [-0.1, -0.05) is 0 Å². The van der Waals surface area contributed by atoms with Gasteiger partial charge in [0.05, 0.1) is 6.10 Å². The van der Waals surface area contributed by atoms with E-state index in [2.05, 4.69) is 5.32 Å². The summed E-state index contributed by atoms with van der Waals surface area (Å²) in [5.74, 6) is -0.335. The van der Waals surface area contributed by atoms with Crippen LogP contribution in [0, 0.1) is 5.92 Å². The summed E-state index contributed by atoms with van der Waals surface area (Å²) in [6.45, 7) is 2.52. The van der Waals surface area contributed by atoms with Crippen molar-refractivity contribution in [3.05, 3.63) is 0 Å². The van der Waals surface area contributed by atoms with Gasteiger partial charge in [-0.05, 0) is 13.3 Å². The van der Waals surface area contributed by atoms with Crippen LogP contribution in [0.2, 0.25) is 0 Å². The number of piperidine rings is 1. The van der Waals surface area contributed by atoms with E-state index < -0.39 is 6.10 Å². The lowest BCUT2D eigenvalue weighted by molar-refractivity contribution is -0.139. The third-order valence-corrected chi connectivity index (χ3v) is 2.51. The molecule has 2 atom stereocenters. The molecule has 0 saturated carbocycles. The molecule has 1 heterocycles. The Hall–Kier alpha value is -1.10. The van der Waals surface area contributed by atoms with Gasteiger partial charge >= 0.3 is 0 Å². The molecule has 0 aromatic carbocycles. The first-order valence-corrected chi connectivity index (χ1v) is 5.20. The number of carbonyl (C=O) groups excluding carboxylic acids is 2. The van der Waals surface area contributed by atoms with Crippen LogP contribution in [0.1, 0.15) is 19.8 Å². The zero-order valence-corrected chi connectivity index (χ0v) is 9.19. The van der Waals surface area contributed by atoms with Gasteiger partial charge in [-0.15, -0.1) is 0 Å². The van der Waals surface area contributed by atoms with Crippen LogP contribution in [0.4, 0.5) is 0 Å². The van der Waals surface area contributed by atoms with Crippen LogP contribution < -0.4 is 5.32 Å². The highest BCUT2D eigenvalue weighted by Gasteiger charge is 2.27. The lowest BCUT2D eigenvalue weighted by Crippen LogP contribution is -2.43. The molecule has 1 saturated heterocycles. The number of likely N-dealkylation sites (N-methyl/N-ethyl adjacent to an activating group) is 1. The van der Waals surface area contributed by atoms with Crippen molar-refractivity contribution in [2.75, 3.05) is 20.1 Å². The second-order valence-electron chi connectivity index (χ2n) is 4.11. The van der Waals surface area contributed by atoms with Crippen molar-refractivity contribution in [3.63, 3.8) is 0 Å². The van der Waals surface area contributed by atoms with E-state index in [0.29, 0.717) is 19.5 Å². The molecule has 0 aliphatic carbocycles. The van der Waals surface area contributed by atoms with Gasteiger partial charge in [0, 0.05) is 32.5 Å². The van der Waals surface area contributed by atoms with Crippen molar-refractivity contribution in [3.8, 4) is 0 Å².